The van der Waals surface area contributed by atoms with Crippen molar-refractivity contribution in [3.05, 3.63) is 35.9 Å². The molecule has 1 saturated heterocycles. The molecule has 12 heteroatoms. The quantitative estimate of drug-likeness (QED) is 0.197. The van der Waals surface area contributed by atoms with Crippen LogP contribution in [-0.4, -0.2) is 71.6 Å². The molecule has 5 amide bonds. The van der Waals surface area contributed by atoms with Gasteiger partial charge in [-0.15, -0.1) is 0 Å². The fourth-order valence-corrected chi connectivity index (χ4v) is 5.38. The third-order valence-electron chi connectivity index (χ3n) is 8.24. The summed E-state index contributed by atoms with van der Waals surface area (Å²) in [4.78, 5) is 78.1. The number of nitrogens with two attached hydrogens (primary N) is 1. The fraction of sp³-hybridized carbons (Fsp3) is 0.613. The van der Waals surface area contributed by atoms with Crippen LogP contribution >= 0.6 is 0 Å². The van der Waals surface area contributed by atoms with Gasteiger partial charge in [-0.2, -0.15) is 0 Å². The summed E-state index contributed by atoms with van der Waals surface area (Å²) in [6.07, 6.45) is 4.28. The van der Waals surface area contributed by atoms with Crippen LogP contribution in [0, 0.1) is 17.3 Å². The highest BCUT2D eigenvalue weighted by Crippen LogP contribution is 2.32. The van der Waals surface area contributed by atoms with Crippen molar-refractivity contribution in [1.29, 1.82) is 0 Å². The summed E-state index contributed by atoms with van der Waals surface area (Å²) in [6.45, 7) is 7.29. The molecule has 3 rings (SSSR count). The van der Waals surface area contributed by atoms with Gasteiger partial charge in [-0.3, -0.25) is 24.0 Å². The Labute approximate surface area is 252 Å². The Balaban J connectivity index is 1.66. The van der Waals surface area contributed by atoms with Gasteiger partial charge in [0.25, 0.3) is 5.91 Å². The van der Waals surface area contributed by atoms with Gasteiger partial charge < -0.3 is 31.3 Å². The number of ether oxygens (including phenoxy) is 1. The lowest BCUT2D eigenvalue weighted by Gasteiger charge is -2.36. The number of Topliss-reactive ketones (excluding diaryl/α,β-unsaturated/α-hetero) is 1. The zero-order chi connectivity index (χ0) is 31.7. The van der Waals surface area contributed by atoms with Crippen LogP contribution in [0.25, 0.3) is 0 Å². The van der Waals surface area contributed by atoms with E-state index < -0.39 is 65.6 Å². The maximum atomic E-state index is 13.9. The lowest BCUT2D eigenvalue weighted by molar-refractivity contribution is -0.143. The Morgan fingerprint density at radius 1 is 1.02 bits per heavy atom. The van der Waals surface area contributed by atoms with Crippen LogP contribution in [0.2, 0.25) is 0 Å². The van der Waals surface area contributed by atoms with Gasteiger partial charge in [0.15, 0.2) is 0 Å². The lowest BCUT2D eigenvalue weighted by atomic mass is 9.80. The standard InChI is InChI=1S/C31H45N5O7/c1-5-19-15-23(28(40)34-22(25(38)27(32)39)14-20-12-9-13-20)36(17-19)29(41)26(31(2,3)4)35-30(42)33-16-24(37)43-18-21-10-7-6-8-11-21/h6-8,10-11,19-20,22-23,26H,5,9,12-18H2,1-4H3,(H2,32,39)(H,34,40)(H2,33,35,42)/t19-,22?,23?,26?/m1/s1. The molecule has 1 aliphatic carbocycles. The zero-order valence-electron chi connectivity index (χ0n) is 25.5. The zero-order valence-corrected chi connectivity index (χ0v) is 25.5. The van der Waals surface area contributed by atoms with Crippen molar-refractivity contribution >= 4 is 35.5 Å². The van der Waals surface area contributed by atoms with E-state index in [-0.39, 0.29) is 18.4 Å². The Morgan fingerprint density at radius 3 is 2.26 bits per heavy atom. The van der Waals surface area contributed by atoms with Gasteiger partial charge in [0, 0.05) is 6.54 Å². The molecule has 236 valence electrons. The van der Waals surface area contributed by atoms with E-state index in [1.165, 1.54) is 4.90 Å². The van der Waals surface area contributed by atoms with Crippen LogP contribution in [0.3, 0.4) is 0 Å². The Hall–Kier alpha value is -3.96. The minimum absolute atomic E-state index is 0.0328. The molecule has 0 spiro atoms. The largest absolute Gasteiger partial charge is 0.460 e. The van der Waals surface area contributed by atoms with Crippen molar-refractivity contribution in [3.8, 4) is 0 Å². The molecule has 0 aromatic heterocycles. The van der Waals surface area contributed by atoms with Crippen molar-refractivity contribution in [1.82, 2.24) is 20.9 Å². The van der Waals surface area contributed by atoms with Gasteiger partial charge in [0.05, 0.1) is 6.04 Å². The van der Waals surface area contributed by atoms with Gasteiger partial charge in [-0.1, -0.05) is 83.7 Å². The molecular formula is C31H45N5O7. The average molecular weight is 600 g/mol. The number of likely N-dealkylation sites (tertiary alicyclic amines) is 1. The van der Waals surface area contributed by atoms with E-state index in [2.05, 4.69) is 16.0 Å². The molecule has 0 radical (unpaired) electrons. The number of ketones is 1. The summed E-state index contributed by atoms with van der Waals surface area (Å²) < 4.78 is 5.19. The summed E-state index contributed by atoms with van der Waals surface area (Å²) >= 11 is 0. The van der Waals surface area contributed by atoms with Gasteiger partial charge in [-0.05, 0) is 35.7 Å². The van der Waals surface area contributed by atoms with Crippen LogP contribution in [0.4, 0.5) is 4.79 Å². The highest BCUT2D eigenvalue weighted by atomic mass is 16.5. The maximum Gasteiger partial charge on any atom is 0.325 e. The number of nitrogens with zero attached hydrogens (tertiary/aromatic N) is 1. The SMILES string of the molecule is CC[C@@H]1CC(C(=O)NC(CC2CCC2)C(=O)C(N)=O)N(C(=O)C(NC(=O)NCC(=O)OCc2ccccc2)C(C)(C)C)C1. The van der Waals surface area contributed by atoms with Crippen molar-refractivity contribution in [2.24, 2.45) is 23.0 Å². The molecule has 12 nitrogen and oxygen atoms in total. The number of urea groups is 1. The van der Waals surface area contributed by atoms with E-state index in [9.17, 15) is 28.8 Å². The number of hydrogen-bond donors (Lipinski definition) is 4. The summed E-state index contributed by atoms with van der Waals surface area (Å²) in [5.41, 5.74) is 5.32. The molecule has 2 aliphatic rings. The van der Waals surface area contributed by atoms with Crippen LogP contribution in [-0.2, 0) is 35.3 Å². The molecule has 4 atom stereocenters. The number of amides is 5. The normalized spacial score (nSPS) is 19.9. The first-order valence-electron chi connectivity index (χ1n) is 15.0. The predicted molar refractivity (Wildman–Crippen MR) is 158 cm³/mol. The van der Waals surface area contributed by atoms with E-state index in [0.29, 0.717) is 19.4 Å². The van der Waals surface area contributed by atoms with Crippen molar-refractivity contribution in [2.75, 3.05) is 13.1 Å². The van der Waals surface area contributed by atoms with Gasteiger partial charge >= 0.3 is 12.0 Å². The van der Waals surface area contributed by atoms with E-state index in [0.717, 1.165) is 31.2 Å². The van der Waals surface area contributed by atoms with E-state index in [1.807, 2.05) is 37.3 Å². The van der Waals surface area contributed by atoms with Crippen LogP contribution in [0.1, 0.15) is 71.8 Å². The third-order valence-corrected chi connectivity index (χ3v) is 8.24. The Kier molecular flexibility index (Phi) is 11.7. The topological polar surface area (TPSA) is 177 Å². The second-order valence-corrected chi connectivity index (χ2v) is 12.6. The second-order valence-electron chi connectivity index (χ2n) is 12.6. The molecule has 1 aromatic rings. The molecule has 1 saturated carbocycles. The maximum absolute atomic E-state index is 13.9. The predicted octanol–water partition coefficient (Wildman–Crippen LogP) is 1.80. The number of esters is 1. The first-order valence-corrected chi connectivity index (χ1v) is 15.0. The lowest BCUT2D eigenvalue weighted by Crippen LogP contribution is -2.60. The van der Waals surface area contributed by atoms with Gasteiger partial charge in [0.2, 0.25) is 17.6 Å². The number of nitrogens with one attached hydrogen (secondary N) is 3. The molecule has 3 unspecified atom stereocenters. The summed E-state index contributed by atoms with van der Waals surface area (Å²) in [5.74, 6) is -3.32. The number of rotatable bonds is 13. The summed E-state index contributed by atoms with van der Waals surface area (Å²) in [7, 11) is 0. The number of carbonyl (C=O) groups excluding carboxylic acids is 6. The third kappa shape index (κ3) is 9.52. The minimum Gasteiger partial charge on any atom is -0.460 e. The van der Waals surface area contributed by atoms with E-state index in [1.54, 1.807) is 20.8 Å². The van der Waals surface area contributed by atoms with Crippen LogP contribution < -0.4 is 21.7 Å². The average Bonchev–Trinajstić information content (AvgIpc) is 3.39. The van der Waals surface area contributed by atoms with Gasteiger partial charge in [0.1, 0.15) is 25.2 Å². The molecule has 1 aromatic carbocycles. The molecular weight excluding hydrogens is 554 g/mol. The summed E-state index contributed by atoms with van der Waals surface area (Å²) in [6, 6.07) is 5.43. The Bertz CT molecular complexity index is 1180. The highest BCUT2D eigenvalue weighted by molar-refractivity contribution is 6.37. The number of benzene rings is 1. The number of primary amides is 1. The van der Waals surface area contributed by atoms with Crippen molar-refractivity contribution in [2.45, 2.75) is 91.0 Å². The van der Waals surface area contributed by atoms with E-state index >= 15 is 0 Å². The fourth-order valence-electron chi connectivity index (χ4n) is 5.38. The monoisotopic (exact) mass is 599 g/mol. The molecule has 43 heavy (non-hydrogen) atoms. The minimum atomic E-state index is -1.11. The number of hydrogen-bond acceptors (Lipinski definition) is 7. The first kappa shape index (κ1) is 33.5. The van der Waals surface area contributed by atoms with Crippen LogP contribution in [0.15, 0.2) is 30.3 Å². The van der Waals surface area contributed by atoms with Crippen molar-refractivity contribution in [3.63, 3.8) is 0 Å². The Morgan fingerprint density at radius 2 is 1.70 bits per heavy atom. The molecule has 1 aliphatic heterocycles. The first-order chi connectivity index (χ1) is 20.3. The molecule has 1 heterocycles. The molecule has 2 fully saturated rings. The summed E-state index contributed by atoms with van der Waals surface area (Å²) in [5, 5.41) is 7.83. The second kappa shape index (κ2) is 15.0. The molecule has 5 N–H and O–H groups in total. The smallest absolute Gasteiger partial charge is 0.325 e. The van der Waals surface area contributed by atoms with E-state index in [4.69, 9.17) is 10.5 Å². The number of carbonyl (C=O) groups is 6. The van der Waals surface area contributed by atoms with Crippen molar-refractivity contribution < 1.29 is 33.5 Å². The molecule has 0 bridgehead atoms. The van der Waals surface area contributed by atoms with Crippen LogP contribution in [0.5, 0.6) is 0 Å². The highest BCUT2D eigenvalue weighted by Gasteiger charge is 2.45. The van der Waals surface area contributed by atoms with Gasteiger partial charge in [-0.25, -0.2) is 4.79 Å².